The number of nitrogens with zero attached hydrogens (tertiary/aromatic N) is 2. The van der Waals surface area contributed by atoms with Gasteiger partial charge in [-0.3, -0.25) is 9.89 Å². The number of hydrogen-bond donors (Lipinski definition) is 1. The molecule has 26 heavy (non-hydrogen) atoms. The number of rotatable bonds is 6. The van der Waals surface area contributed by atoms with Gasteiger partial charge in [-0.05, 0) is 25.8 Å². The summed E-state index contributed by atoms with van der Waals surface area (Å²) in [5.41, 5.74) is 3.71. The lowest BCUT2D eigenvalue weighted by atomic mass is 9.75. The number of esters is 1. The van der Waals surface area contributed by atoms with Gasteiger partial charge in [0, 0.05) is 22.8 Å². The molecule has 6 heteroatoms. The highest BCUT2D eigenvalue weighted by atomic mass is 16.5. The molecule has 1 aliphatic heterocycles. The predicted molar refractivity (Wildman–Crippen MR) is 100 cm³/mol. The number of H-pyrrole nitrogens is 1. The number of hydrogen-bond acceptors (Lipinski definition) is 5. The molecule has 1 aromatic heterocycles. The van der Waals surface area contributed by atoms with E-state index in [-0.39, 0.29) is 11.9 Å². The third-order valence-corrected chi connectivity index (χ3v) is 4.76. The molecule has 138 valence electrons. The number of aromatic amines is 1. The molecule has 2 aromatic rings. The van der Waals surface area contributed by atoms with Gasteiger partial charge in [0.1, 0.15) is 11.7 Å². The second-order valence-electron chi connectivity index (χ2n) is 6.43. The molecule has 1 aliphatic rings. The number of nitrogens with one attached hydrogen (secondary N) is 1. The van der Waals surface area contributed by atoms with Gasteiger partial charge in [0.25, 0.3) is 0 Å². The minimum absolute atomic E-state index is 0.239. The van der Waals surface area contributed by atoms with Crippen LogP contribution in [0.2, 0.25) is 0 Å². The monoisotopic (exact) mass is 355 g/mol. The Labute approximate surface area is 153 Å². The summed E-state index contributed by atoms with van der Waals surface area (Å²) in [6, 6.07) is 6.00. The zero-order valence-corrected chi connectivity index (χ0v) is 15.7. The van der Waals surface area contributed by atoms with Gasteiger partial charge in [-0.1, -0.05) is 31.5 Å². The number of aromatic nitrogens is 2. The maximum Gasteiger partial charge on any atom is 0.315 e. The van der Waals surface area contributed by atoms with E-state index >= 15 is 0 Å². The van der Waals surface area contributed by atoms with Crippen LogP contribution in [0.5, 0.6) is 5.75 Å². The fourth-order valence-corrected chi connectivity index (χ4v) is 3.71. The molecule has 0 fully saturated rings. The van der Waals surface area contributed by atoms with E-state index in [1.165, 1.54) is 0 Å². The van der Waals surface area contributed by atoms with Gasteiger partial charge in [-0.25, -0.2) is 4.99 Å². The first-order chi connectivity index (χ1) is 12.6. The van der Waals surface area contributed by atoms with Crippen molar-refractivity contribution in [2.24, 2.45) is 10.9 Å². The predicted octanol–water partition coefficient (Wildman–Crippen LogP) is 3.92. The van der Waals surface area contributed by atoms with Gasteiger partial charge < -0.3 is 9.47 Å². The third kappa shape index (κ3) is 3.11. The van der Waals surface area contributed by atoms with E-state index in [1.54, 1.807) is 13.3 Å². The Balaban J connectivity index is 2.21. The van der Waals surface area contributed by atoms with Crippen molar-refractivity contribution in [3.05, 3.63) is 41.1 Å². The Hall–Kier alpha value is -2.63. The number of para-hydroxylation sites is 1. The SMILES string of the molecule is CCCC1=Nc2[nH]ncc2C(c2cccc(C)c2OC)C1C(=O)OCC. The molecule has 2 unspecified atom stereocenters. The highest BCUT2D eigenvalue weighted by molar-refractivity contribution is 6.06. The molecule has 0 radical (unpaired) electrons. The Morgan fingerprint density at radius 1 is 1.27 bits per heavy atom. The average molecular weight is 355 g/mol. The van der Waals surface area contributed by atoms with Crippen LogP contribution < -0.4 is 4.74 Å². The number of fused-ring (bicyclic) bond motifs is 1. The van der Waals surface area contributed by atoms with Crippen molar-refractivity contribution in [2.75, 3.05) is 13.7 Å². The summed E-state index contributed by atoms with van der Waals surface area (Å²) < 4.78 is 11.1. The quantitative estimate of drug-likeness (QED) is 0.797. The number of aliphatic imine (C=N–C) groups is 1. The second-order valence-corrected chi connectivity index (χ2v) is 6.43. The number of ether oxygens (including phenoxy) is 2. The van der Waals surface area contributed by atoms with E-state index in [1.807, 2.05) is 32.0 Å². The summed E-state index contributed by atoms with van der Waals surface area (Å²) in [5.74, 6) is 0.534. The van der Waals surface area contributed by atoms with Crippen LogP contribution in [0.1, 0.15) is 49.3 Å². The first-order valence-electron chi connectivity index (χ1n) is 9.03. The van der Waals surface area contributed by atoms with E-state index < -0.39 is 5.92 Å². The molecular weight excluding hydrogens is 330 g/mol. The van der Waals surface area contributed by atoms with Gasteiger partial charge in [0.15, 0.2) is 5.82 Å². The van der Waals surface area contributed by atoms with E-state index in [0.29, 0.717) is 12.4 Å². The summed E-state index contributed by atoms with van der Waals surface area (Å²) in [6.45, 7) is 6.24. The van der Waals surface area contributed by atoms with E-state index in [2.05, 4.69) is 17.1 Å². The molecule has 0 aliphatic carbocycles. The van der Waals surface area contributed by atoms with Crippen LogP contribution in [0.4, 0.5) is 5.82 Å². The summed E-state index contributed by atoms with van der Waals surface area (Å²) in [5, 5.41) is 7.13. The summed E-state index contributed by atoms with van der Waals surface area (Å²) in [6.07, 6.45) is 3.38. The van der Waals surface area contributed by atoms with Gasteiger partial charge >= 0.3 is 5.97 Å². The fourth-order valence-electron chi connectivity index (χ4n) is 3.71. The van der Waals surface area contributed by atoms with Gasteiger partial charge in [0.2, 0.25) is 0 Å². The molecule has 0 bridgehead atoms. The van der Waals surface area contributed by atoms with Crippen LogP contribution in [0, 0.1) is 12.8 Å². The minimum Gasteiger partial charge on any atom is -0.496 e. The molecule has 0 amide bonds. The molecule has 0 spiro atoms. The van der Waals surface area contributed by atoms with Gasteiger partial charge in [0.05, 0.1) is 19.9 Å². The van der Waals surface area contributed by atoms with E-state index in [4.69, 9.17) is 14.5 Å². The normalized spacial score (nSPS) is 18.8. The molecule has 6 nitrogen and oxygen atoms in total. The topological polar surface area (TPSA) is 76.6 Å². The zero-order valence-electron chi connectivity index (χ0n) is 15.7. The Morgan fingerprint density at radius 2 is 2.08 bits per heavy atom. The Morgan fingerprint density at radius 3 is 2.77 bits per heavy atom. The van der Waals surface area contributed by atoms with Crippen molar-refractivity contribution in [1.29, 1.82) is 0 Å². The summed E-state index contributed by atoms with van der Waals surface area (Å²) in [7, 11) is 1.66. The zero-order chi connectivity index (χ0) is 18.7. The largest absolute Gasteiger partial charge is 0.496 e. The maximum atomic E-state index is 12.9. The highest BCUT2D eigenvalue weighted by Gasteiger charge is 2.42. The van der Waals surface area contributed by atoms with Crippen LogP contribution in [-0.2, 0) is 9.53 Å². The molecule has 1 N–H and O–H groups in total. The Kier molecular flexibility index (Phi) is 5.40. The second kappa shape index (κ2) is 7.72. The van der Waals surface area contributed by atoms with Crippen LogP contribution in [0.15, 0.2) is 29.4 Å². The first-order valence-corrected chi connectivity index (χ1v) is 9.03. The smallest absolute Gasteiger partial charge is 0.315 e. The van der Waals surface area contributed by atoms with Crippen molar-refractivity contribution in [2.45, 2.75) is 39.5 Å². The summed E-state index contributed by atoms with van der Waals surface area (Å²) >= 11 is 0. The molecule has 2 heterocycles. The van der Waals surface area contributed by atoms with E-state index in [0.717, 1.165) is 41.0 Å². The Bertz CT molecular complexity index is 825. The molecule has 2 atom stereocenters. The lowest BCUT2D eigenvalue weighted by Gasteiger charge is -2.31. The van der Waals surface area contributed by atoms with Gasteiger partial charge in [-0.15, -0.1) is 0 Å². The molecule has 3 rings (SSSR count). The summed E-state index contributed by atoms with van der Waals surface area (Å²) in [4.78, 5) is 17.6. The lowest BCUT2D eigenvalue weighted by molar-refractivity contribution is -0.146. The van der Waals surface area contributed by atoms with Crippen LogP contribution >= 0.6 is 0 Å². The molecule has 0 saturated carbocycles. The highest BCUT2D eigenvalue weighted by Crippen LogP contribution is 2.46. The third-order valence-electron chi connectivity index (χ3n) is 4.76. The number of carbonyl (C=O) groups is 1. The van der Waals surface area contributed by atoms with Crippen molar-refractivity contribution in [3.63, 3.8) is 0 Å². The minimum atomic E-state index is -0.476. The van der Waals surface area contributed by atoms with Crippen molar-refractivity contribution >= 4 is 17.5 Å². The van der Waals surface area contributed by atoms with Gasteiger partial charge in [-0.2, -0.15) is 5.10 Å². The first kappa shape index (κ1) is 18.2. The van der Waals surface area contributed by atoms with Crippen molar-refractivity contribution in [3.8, 4) is 5.75 Å². The number of carbonyl (C=O) groups excluding carboxylic acids is 1. The standard InChI is InChI=1S/C20H25N3O3/c1-5-8-15-17(20(24)26-6-2)16(14-11-21-23-19(14)22-15)13-10-7-9-12(3)18(13)25-4/h7,9-11,16-17H,5-6,8H2,1-4H3,(H,21,23). The van der Waals surface area contributed by atoms with E-state index in [9.17, 15) is 4.79 Å². The number of methoxy groups -OCH3 is 1. The van der Waals surface area contributed by atoms with Crippen LogP contribution in [0.3, 0.4) is 0 Å². The number of aryl methyl sites for hydroxylation is 1. The number of benzene rings is 1. The van der Waals surface area contributed by atoms with Crippen LogP contribution in [-0.4, -0.2) is 35.6 Å². The van der Waals surface area contributed by atoms with Crippen molar-refractivity contribution < 1.29 is 14.3 Å². The maximum absolute atomic E-state index is 12.9. The van der Waals surface area contributed by atoms with Crippen molar-refractivity contribution in [1.82, 2.24) is 10.2 Å². The lowest BCUT2D eigenvalue weighted by Crippen LogP contribution is -2.34. The molecule has 0 saturated heterocycles. The average Bonchev–Trinajstić information content (AvgIpc) is 3.09. The molecular formula is C20H25N3O3. The molecule has 1 aromatic carbocycles. The van der Waals surface area contributed by atoms with Crippen LogP contribution in [0.25, 0.3) is 0 Å². The fraction of sp³-hybridized carbons (Fsp3) is 0.450.